The van der Waals surface area contributed by atoms with Crippen LogP contribution in [-0.2, 0) is 6.42 Å². The van der Waals surface area contributed by atoms with Crippen molar-refractivity contribution in [1.82, 2.24) is 15.5 Å². The molecule has 78 valence electrons. The van der Waals surface area contributed by atoms with E-state index in [0.29, 0.717) is 5.92 Å². The standard InChI is InChI=1S/C10H17N3O/c1-2-9-12-10(14-13-9)8-4-3-6-11-7-5-8/h8,11H,2-7H2,1H3. The van der Waals surface area contributed by atoms with Crippen LogP contribution in [0.4, 0.5) is 0 Å². The Bertz CT molecular complexity index is 277. The van der Waals surface area contributed by atoms with E-state index in [1.165, 1.54) is 12.8 Å². The van der Waals surface area contributed by atoms with E-state index < -0.39 is 0 Å². The summed E-state index contributed by atoms with van der Waals surface area (Å²) in [7, 11) is 0. The van der Waals surface area contributed by atoms with Crippen molar-refractivity contribution in [3.05, 3.63) is 11.7 Å². The summed E-state index contributed by atoms with van der Waals surface area (Å²) in [4.78, 5) is 4.39. The van der Waals surface area contributed by atoms with E-state index in [0.717, 1.165) is 37.6 Å². The highest BCUT2D eigenvalue weighted by molar-refractivity contribution is 4.95. The van der Waals surface area contributed by atoms with Crippen LogP contribution in [0.15, 0.2) is 4.52 Å². The van der Waals surface area contributed by atoms with Crippen LogP contribution >= 0.6 is 0 Å². The van der Waals surface area contributed by atoms with Gasteiger partial charge in [-0.25, -0.2) is 0 Å². The first kappa shape index (κ1) is 9.65. The summed E-state index contributed by atoms with van der Waals surface area (Å²) in [6, 6.07) is 0. The molecule has 0 bridgehead atoms. The Morgan fingerprint density at radius 2 is 2.36 bits per heavy atom. The minimum atomic E-state index is 0.470. The van der Waals surface area contributed by atoms with E-state index >= 15 is 0 Å². The van der Waals surface area contributed by atoms with E-state index in [-0.39, 0.29) is 0 Å². The van der Waals surface area contributed by atoms with Crippen LogP contribution in [-0.4, -0.2) is 23.2 Å². The Labute approximate surface area is 84.1 Å². The average Bonchev–Trinajstić information content (AvgIpc) is 2.53. The molecular weight excluding hydrogens is 178 g/mol. The predicted molar refractivity (Wildman–Crippen MR) is 53.1 cm³/mol. The molecule has 1 aromatic heterocycles. The van der Waals surface area contributed by atoms with Gasteiger partial charge >= 0.3 is 0 Å². The van der Waals surface area contributed by atoms with Crippen molar-refractivity contribution < 1.29 is 4.52 Å². The van der Waals surface area contributed by atoms with Gasteiger partial charge in [0, 0.05) is 12.3 Å². The maximum Gasteiger partial charge on any atom is 0.229 e. The molecule has 4 nitrogen and oxygen atoms in total. The zero-order chi connectivity index (χ0) is 9.80. The molecule has 1 aliphatic rings. The molecule has 0 aliphatic carbocycles. The van der Waals surface area contributed by atoms with E-state index in [9.17, 15) is 0 Å². The summed E-state index contributed by atoms with van der Waals surface area (Å²) in [5, 5.41) is 7.31. The lowest BCUT2D eigenvalue weighted by atomic mass is 10.0. The molecule has 2 rings (SSSR count). The monoisotopic (exact) mass is 195 g/mol. The fourth-order valence-electron chi connectivity index (χ4n) is 1.84. The topological polar surface area (TPSA) is 51.0 Å². The molecule has 0 amide bonds. The second-order valence-electron chi connectivity index (χ2n) is 3.78. The second kappa shape index (κ2) is 4.55. The maximum atomic E-state index is 5.26. The number of hydrogen-bond donors (Lipinski definition) is 1. The lowest BCUT2D eigenvalue weighted by molar-refractivity contribution is 0.339. The fraction of sp³-hybridized carbons (Fsp3) is 0.800. The first-order chi connectivity index (χ1) is 6.90. The van der Waals surface area contributed by atoms with Gasteiger partial charge in [0.25, 0.3) is 0 Å². The molecule has 2 heterocycles. The quantitative estimate of drug-likeness (QED) is 0.776. The van der Waals surface area contributed by atoms with Crippen LogP contribution < -0.4 is 5.32 Å². The van der Waals surface area contributed by atoms with Crippen LogP contribution in [0.25, 0.3) is 0 Å². The van der Waals surface area contributed by atoms with Crippen LogP contribution in [0.1, 0.15) is 43.8 Å². The third-order valence-electron chi connectivity index (χ3n) is 2.72. The summed E-state index contributed by atoms with van der Waals surface area (Å²) in [6.07, 6.45) is 4.34. The molecule has 1 N–H and O–H groups in total. The van der Waals surface area contributed by atoms with Crippen LogP contribution in [0.3, 0.4) is 0 Å². The van der Waals surface area contributed by atoms with Gasteiger partial charge in [-0.05, 0) is 32.4 Å². The summed E-state index contributed by atoms with van der Waals surface area (Å²) >= 11 is 0. The summed E-state index contributed by atoms with van der Waals surface area (Å²) in [5.41, 5.74) is 0. The Kier molecular flexibility index (Phi) is 3.14. The van der Waals surface area contributed by atoms with Crippen molar-refractivity contribution >= 4 is 0 Å². The maximum absolute atomic E-state index is 5.26. The molecule has 1 aliphatic heterocycles. The number of hydrogen-bond acceptors (Lipinski definition) is 4. The Hall–Kier alpha value is -0.900. The van der Waals surface area contributed by atoms with Gasteiger partial charge in [-0.2, -0.15) is 4.98 Å². The predicted octanol–water partition coefficient (Wildman–Crippen LogP) is 1.49. The third kappa shape index (κ3) is 2.12. The average molecular weight is 195 g/mol. The third-order valence-corrected chi connectivity index (χ3v) is 2.72. The number of rotatable bonds is 2. The van der Waals surface area contributed by atoms with E-state index in [2.05, 4.69) is 15.5 Å². The zero-order valence-corrected chi connectivity index (χ0v) is 8.62. The lowest BCUT2D eigenvalue weighted by Gasteiger charge is -2.06. The minimum Gasteiger partial charge on any atom is -0.339 e. The Morgan fingerprint density at radius 1 is 1.43 bits per heavy atom. The second-order valence-corrected chi connectivity index (χ2v) is 3.78. The molecule has 0 spiro atoms. The van der Waals surface area contributed by atoms with Crippen molar-refractivity contribution in [3.63, 3.8) is 0 Å². The number of nitrogens with one attached hydrogen (secondary N) is 1. The molecule has 1 aromatic rings. The normalized spacial score (nSPS) is 23.4. The highest BCUT2D eigenvalue weighted by Gasteiger charge is 2.19. The number of aryl methyl sites for hydroxylation is 1. The van der Waals surface area contributed by atoms with Gasteiger partial charge in [0.1, 0.15) is 0 Å². The molecule has 4 heteroatoms. The Balaban J connectivity index is 2.04. The van der Waals surface area contributed by atoms with Crippen LogP contribution in [0, 0.1) is 0 Å². The molecule has 1 fully saturated rings. The van der Waals surface area contributed by atoms with Gasteiger partial charge in [-0.3, -0.25) is 0 Å². The van der Waals surface area contributed by atoms with E-state index in [4.69, 9.17) is 4.52 Å². The molecule has 0 radical (unpaired) electrons. The van der Waals surface area contributed by atoms with Gasteiger partial charge in [0.15, 0.2) is 5.82 Å². The van der Waals surface area contributed by atoms with Crippen LogP contribution in [0.2, 0.25) is 0 Å². The zero-order valence-electron chi connectivity index (χ0n) is 8.62. The van der Waals surface area contributed by atoms with Crippen molar-refractivity contribution in [2.75, 3.05) is 13.1 Å². The Morgan fingerprint density at radius 3 is 3.14 bits per heavy atom. The summed E-state index contributed by atoms with van der Waals surface area (Å²) in [5.74, 6) is 2.14. The molecule has 0 saturated carbocycles. The molecule has 14 heavy (non-hydrogen) atoms. The van der Waals surface area contributed by atoms with Crippen molar-refractivity contribution in [2.24, 2.45) is 0 Å². The summed E-state index contributed by atoms with van der Waals surface area (Å²) in [6.45, 7) is 4.23. The number of nitrogens with zero attached hydrogens (tertiary/aromatic N) is 2. The summed E-state index contributed by atoms with van der Waals surface area (Å²) < 4.78 is 5.26. The number of aromatic nitrogens is 2. The molecule has 1 saturated heterocycles. The molecular formula is C10H17N3O. The largest absolute Gasteiger partial charge is 0.339 e. The lowest BCUT2D eigenvalue weighted by Crippen LogP contribution is -2.13. The first-order valence-corrected chi connectivity index (χ1v) is 5.43. The van der Waals surface area contributed by atoms with Gasteiger partial charge in [0.05, 0.1) is 0 Å². The molecule has 1 unspecified atom stereocenters. The fourth-order valence-corrected chi connectivity index (χ4v) is 1.84. The van der Waals surface area contributed by atoms with Gasteiger partial charge in [-0.15, -0.1) is 0 Å². The van der Waals surface area contributed by atoms with Crippen LogP contribution in [0.5, 0.6) is 0 Å². The SMILES string of the molecule is CCc1noc(C2CCCNCC2)n1. The minimum absolute atomic E-state index is 0.470. The van der Waals surface area contributed by atoms with Crippen molar-refractivity contribution in [2.45, 2.75) is 38.5 Å². The van der Waals surface area contributed by atoms with Gasteiger partial charge in [0.2, 0.25) is 5.89 Å². The van der Waals surface area contributed by atoms with Gasteiger partial charge in [-0.1, -0.05) is 12.1 Å². The first-order valence-electron chi connectivity index (χ1n) is 5.43. The van der Waals surface area contributed by atoms with Gasteiger partial charge < -0.3 is 9.84 Å². The van der Waals surface area contributed by atoms with Crippen molar-refractivity contribution in [1.29, 1.82) is 0 Å². The highest BCUT2D eigenvalue weighted by Crippen LogP contribution is 2.24. The van der Waals surface area contributed by atoms with E-state index in [1.807, 2.05) is 6.92 Å². The van der Waals surface area contributed by atoms with Crippen molar-refractivity contribution in [3.8, 4) is 0 Å². The molecule has 0 aromatic carbocycles. The highest BCUT2D eigenvalue weighted by atomic mass is 16.5. The van der Waals surface area contributed by atoms with E-state index in [1.54, 1.807) is 0 Å². The smallest absolute Gasteiger partial charge is 0.229 e. The molecule has 1 atom stereocenters.